The first-order chi connectivity index (χ1) is 14.3. The van der Waals surface area contributed by atoms with Crippen LogP contribution in [0.2, 0.25) is 0 Å². The Bertz CT molecular complexity index is 983. The second-order valence-electron chi connectivity index (χ2n) is 7.41. The fraction of sp³-hybridized carbons (Fsp3) is 0.364. The lowest BCUT2D eigenvalue weighted by Gasteiger charge is -2.30. The lowest BCUT2D eigenvalue weighted by Crippen LogP contribution is -2.41. The number of hydrogen-bond acceptors (Lipinski definition) is 4. The van der Waals surface area contributed by atoms with Gasteiger partial charge in [-0.3, -0.25) is 9.59 Å². The molecule has 0 bridgehead atoms. The first-order valence-electron chi connectivity index (χ1n) is 10.1. The SMILES string of the molecule is CCN(Cc1ccc(C(=O)N2CCC(C(N)=O)CC2)cc1)S(=O)(=O)c1ccccc1. The number of nitrogens with two attached hydrogens (primary N) is 1. The lowest BCUT2D eigenvalue weighted by atomic mass is 9.96. The zero-order valence-corrected chi connectivity index (χ0v) is 17.8. The van der Waals surface area contributed by atoms with Gasteiger partial charge in [0.1, 0.15) is 0 Å². The summed E-state index contributed by atoms with van der Waals surface area (Å²) in [4.78, 5) is 26.0. The van der Waals surface area contributed by atoms with Crippen LogP contribution in [0, 0.1) is 5.92 Å². The molecule has 2 N–H and O–H groups in total. The van der Waals surface area contributed by atoms with Crippen molar-refractivity contribution in [3.05, 3.63) is 65.7 Å². The third-order valence-electron chi connectivity index (χ3n) is 5.48. The van der Waals surface area contributed by atoms with Crippen molar-refractivity contribution < 1.29 is 18.0 Å². The maximum absolute atomic E-state index is 12.9. The van der Waals surface area contributed by atoms with Crippen LogP contribution in [0.3, 0.4) is 0 Å². The molecule has 7 nitrogen and oxygen atoms in total. The summed E-state index contributed by atoms with van der Waals surface area (Å²) in [6, 6.07) is 15.4. The Morgan fingerprint density at radius 1 is 1.03 bits per heavy atom. The van der Waals surface area contributed by atoms with Gasteiger partial charge in [-0.2, -0.15) is 4.31 Å². The van der Waals surface area contributed by atoms with Gasteiger partial charge in [0.2, 0.25) is 15.9 Å². The fourth-order valence-corrected chi connectivity index (χ4v) is 5.07. The Kier molecular flexibility index (Phi) is 6.89. The standard InChI is InChI=1S/C22H27N3O4S/c1-2-25(30(28,29)20-6-4-3-5-7-20)16-17-8-10-19(11-9-17)22(27)24-14-12-18(13-15-24)21(23)26/h3-11,18H,2,12-16H2,1H3,(H2,23,26). The van der Waals surface area contributed by atoms with Crippen molar-refractivity contribution >= 4 is 21.8 Å². The molecular formula is C22H27N3O4S. The van der Waals surface area contributed by atoms with Gasteiger partial charge in [-0.15, -0.1) is 0 Å². The maximum Gasteiger partial charge on any atom is 0.253 e. The van der Waals surface area contributed by atoms with Crippen LogP contribution in [-0.2, 0) is 21.4 Å². The molecule has 160 valence electrons. The van der Waals surface area contributed by atoms with Gasteiger partial charge >= 0.3 is 0 Å². The van der Waals surface area contributed by atoms with Crippen LogP contribution in [0.15, 0.2) is 59.5 Å². The minimum atomic E-state index is -3.58. The summed E-state index contributed by atoms with van der Waals surface area (Å²) in [6.07, 6.45) is 1.17. The molecule has 1 heterocycles. The van der Waals surface area contributed by atoms with Gasteiger partial charge in [0.05, 0.1) is 4.90 Å². The Morgan fingerprint density at radius 3 is 2.17 bits per heavy atom. The second-order valence-corrected chi connectivity index (χ2v) is 9.35. The van der Waals surface area contributed by atoms with E-state index in [1.54, 1.807) is 66.4 Å². The van der Waals surface area contributed by atoms with Gasteiger partial charge in [0, 0.05) is 37.7 Å². The van der Waals surface area contributed by atoms with Gasteiger partial charge in [-0.1, -0.05) is 37.3 Å². The summed E-state index contributed by atoms with van der Waals surface area (Å²) in [6.45, 7) is 3.38. The molecule has 0 aromatic heterocycles. The van der Waals surface area contributed by atoms with Crippen molar-refractivity contribution in [2.45, 2.75) is 31.2 Å². The Balaban J connectivity index is 1.66. The van der Waals surface area contributed by atoms with Gasteiger partial charge in [0.25, 0.3) is 5.91 Å². The highest BCUT2D eigenvalue weighted by Gasteiger charge is 2.27. The molecule has 0 aliphatic carbocycles. The maximum atomic E-state index is 12.9. The summed E-state index contributed by atoms with van der Waals surface area (Å²) in [5, 5.41) is 0. The highest BCUT2D eigenvalue weighted by molar-refractivity contribution is 7.89. The molecule has 0 unspecified atom stereocenters. The number of benzene rings is 2. The summed E-state index contributed by atoms with van der Waals surface area (Å²) in [7, 11) is -3.58. The van der Waals surface area contributed by atoms with Crippen LogP contribution in [0.4, 0.5) is 0 Å². The molecular weight excluding hydrogens is 402 g/mol. The molecule has 2 amide bonds. The van der Waals surface area contributed by atoms with Crippen molar-refractivity contribution in [1.82, 2.24) is 9.21 Å². The van der Waals surface area contributed by atoms with Crippen LogP contribution < -0.4 is 5.73 Å². The second kappa shape index (κ2) is 9.40. The number of sulfonamides is 1. The van der Waals surface area contributed by atoms with Crippen LogP contribution in [0.25, 0.3) is 0 Å². The molecule has 0 radical (unpaired) electrons. The van der Waals surface area contributed by atoms with Crippen LogP contribution in [-0.4, -0.2) is 49.1 Å². The van der Waals surface area contributed by atoms with Gasteiger partial charge < -0.3 is 10.6 Å². The van der Waals surface area contributed by atoms with Crippen molar-refractivity contribution in [3.63, 3.8) is 0 Å². The number of likely N-dealkylation sites (tertiary alicyclic amines) is 1. The van der Waals surface area contributed by atoms with E-state index in [1.807, 2.05) is 0 Å². The lowest BCUT2D eigenvalue weighted by molar-refractivity contribution is -0.123. The van der Waals surface area contributed by atoms with Gasteiger partial charge in [-0.25, -0.2) is 8.42 Å². The number of piperidine rings is 1. The number of hydrogen-bond donors (Lipinski definition) is 1. The molecule has 0 spiro atoms. The molecule has 2 aromatic carbocycles. The molecule has 8 heteroatoms. The van der Waals surface area contributed by atoms with Crippen LogP contribution in [0.1, 0.15) is 35.7 Å². The van der Waals surface area contributed by atoms with E-state index in [9.17, 15) is 18.0 Å². The van der Waals surface area contributed by atoms with E-state index >= 15 is 0 Å². The van der Waals surface area contributed by atoms with E-state index in [2.05, 4.69) is 0 Å². The Morgan fingerprint density at radius 2 is 1.63 bits per heavy atom. The smallest absolute Gasteiger partial charge is 0.253 e. The zero-order chi connectivity index (χ0) is 21.7. The zero-order valence-electron chi connectivity index (χ0n) is 17.0. The van der Waals surface area contributed by atoms with Crippen molar-refractivity contribution in [2.24, 2.45) is 11.7 Å². The third kappa shape index (κ3) is 4.88. The largest absolute Gasteiger partial charge is 0.369 e. The number of amides is 2. The van der Waals surface area contributed by atoms with Crippen molar-refractivity contribution in [3.8, 4) is 0 Å². The molecule has 1 aliphatic heterocycles. The molecule has 1 saturated heterocycles. The summed E-state index contributed by atoms with van der Waals surface area (Å²) in [5.74, 6) is -0.561. The normalized spacial score (nSPS) is 15.3. The number of carbonyl (C=O) groups is 2. The first kappa shape index (κ1) is 22.0. The van der Waals surface area contributed by atoms with E-state index in [4.69, 9.17) is 5.73 Å². The predicted octanol–water partition coefficient (Wildman–Crippen LogP) is 2.23. The number of primary amides is 1. The monoisotopic (exact) mass is 429 g/mol. The third-order valence-corrected chi connectivity index (χ3v) is 7.41. The number of carbonyl (C=O) groups excluding carboxylic acids is 2. The van der Waals surface area contributed by atoms with E-state index < -0.39 is 10.0 Å². The molecule has 30 heavy (non-hydrogen) atoms. The Hall–Kier alpha value is -2.71. The minimum absolute atomic E-state index is 0.0891. The summed E-state index contributed by atoms with van der Waals surface area (Å²) >= 11 is 0. The molecule has 0 saturated carbocycles. The minimum Gasteiger partial charge on any atom is -0.369 e. The summed E-state index contributed by atoms with van der Waals surface area (Å²) in [5.41, 5.74) is 6.70. The molecule has 3 rings (SSSR count). The van der Waals surface area contributed by atoms with E-state index in [1.165, 1.54) is 4.31 Å². The summed E-state index contributed by atoms with van der Waals surface area (Å²) < 4.78 is 27.1. The van der Waals surface area contributed by atoms with Crippen molar-refractivity contribution in [1.29, 1.82) is 0 Å². The van der Waals surface area contributed by atoms with Crippen molar-refractivity contribution in [2.75, 3.05) is 19.6 Å². The molecule has 1 aliphatic rings. The van der Waals surface area contributed by atoms with Gasteiger partial charge in [-0.05, 0) is 42.7 Å². The Labute approximate surface area is 177 Å². The van der Waals surface area contributed by atoms with E-state index in [0.717, 1.165) is 5.56 Å². The van der Waals surface area contributed by atoms with Crippen LogP contribution >= 0.6 is 0 Å². The number of nitrogens with zero attached hydrogens (tertiary/aromatic N) is 2. The highest BCUT2D eigenvalue weighted by Crippen LogP contribution is 2.21. The predicted molar refractivity (Wildman–Crippen MR) is 114 cm³/mol. The number of rotatable bonds is 7. The van der Waals surface area contributed by atoms with Crippen LogP contribution in [0.5, 0.6) is 0 Å². The average Bonchev–Trinajstić information content (AvgIpc) is 2.78. The average molecular weight is 430 g/mol. The quantitative estimate of drug-likeness (QED) is 0.729. The van der Waals surface area contributed by atoms with Gasteiger partial charge in [0.15, 0.2) is 0 Å². The molecule has 0 atom stereocenters. The van der Waals surface area contributed by atoms with E-state index in [-0.39, 0.29) is 29.2 Å². The molecule has 1 fully saturated rings. The van der Waals surface area contributed by atoms with E-state index in [0.29, 0.717) is 38.0 Å². The fourth-order valence-electron chi connectivity index (χ4n) is 3.61. The first-order valence-corrected chi connectivity index (χ1v) is 11.5. The molecule has 2 aromatic rings. The highest BCUT2D eigenvalue weighted by atomic mass is 32.2. The topological polar surface area (TPSA) is 101 Å².